The number of hydrogen-bond donors (Lipinski definition) is 0. The predicted octanol–water partition coefficient (Wildman–Crippen LogP) is 3.23. The van der Waals surface area contributed by atoms with E-state index >= 15 is 0 Å². The Labute approximate surface area is 97.1 Å². The molecule has 1 aliphatic rings. The molecule has 0 bridgehead atoms. The third-order valence-corrected chi connectivity index (χ3v) is 3.85. The third kappa shape index (κ3) is 1.50. The summed E-state index contributed by atoms with van der Waals surface area (Å²) in [6.07, 6.45) is 2.55. The minimum atomic E-state index is 0.173. The summed E-state index contributed by atoms with van der Waals surface area (Å²) < 4.78 is 5.52. The van der Waals surface area contributed by atoms with Crippen LogP contribution in [-0.4, -0.2) is 10.8 Å². The van der Waals surface area contributed by atoms with Gasteiger partial charge in [0, 0.05) is 11.3 Å². The molecule has 1 aliphatic carbocycles. The Morgan fingerprint density at radius 1 is 1.38 bits per heavy atom. The minimum Gasteiger partial charge on any atom is -0.459 e. The highest BCUT2D eigenvalue weighted by atomic mass is 32.1. The van der Waals surface area contributed by atoms with E-state index in [1.165, 1.54) is 0 Å². The van der Waals surface area contributed by atoms with Crippen LogP contribution in [0.1, 0.15) is 34.0 Å². The van der Waals surface area contributed by atoms with Crippen LogP contribution in [-0.2, 0) is 6.42 Å². The third-order valence-electron chi connectivity index (χ3n) is 2.72. The summed E-state index contributed by atoms with van der Waals surface area (Å²) in [7, 11) is 0. The molecule has 2 heterocycles. The monoisotopic (exact) mass is 233 g/mol. The van der Waals surface area contributed by atoms with Crippen molar-refractivity contribution >= 4 is 17.1 Å². The normalized spacial score (nSPS) is 15.2. The molecule has 0 spiro atoms. The van der Waals surface area contributed by atoms with Gasteiger partial charge < -0.3 is 4.42 Å². The first-order valence-corrected chi connectivity index (χ1v) is 6.15. The number of fused-ring (bicyclic) bond motifs is 1. The summed E-state index contributed by atoms with van der Waals surface area (Å²) in [6, 6.07) is 3.82. The number of aromatic nitrogens is 1. The Morgan fingerprint density at radius 3 is 2.94 bits per heavy atom. The standard InChI is InChI=1S/C12H11NO2S/c1-7-5-6-9(15-7)12-13-11-8(14)3-2-4-10(11)16-12/h5-6H,2-4H2,1H3. The van der Waals surface area contributed by atoms with Crippen LogP contribution in [0, 0.1) is 6.92 Å². The van der Waals surface area contributed by atoms with Crippen LogP contribution in [0.5, 0.6) is 0 Å². The smallest absolute Gasteiger partial charge is 0.182 e. The lowest BCUT2D eigenvalue weighted by Gasteiger charge is -2.06. The first-order valence-electron chi connectivity index (χ1n) is 5.34. The Bertz CT molecular complexity index is 553. The first kappa shape index (κ1) is 9.78. The molecule has 0 amide bonds. The van der Waals surface area contributed by atoms with E-state index in [1.807, 2.05) is 19.1 Å². The maximum absolute atomic E-state index is 11.6. The summed E-state index contributed by atoms with van der Waals surface area (Å²) in [5.74, 6) is 1.81. The Morgan fingerprint density at radius 2 is 2.25 bits per heavy atom. The van der Waals surface area contributed by atoms with Crippen molar-refractivity contribution in [2.24, 2.45) is 0 Å². The zero-order valence-corrected chi connectivity index (χ0v) is 9.76. The van der Waals surface area contributed by atoms with Crippen LogP contribution in [0.3, 0.4) is 0 Å². The van der Waals surface area contributed by atoms with E-state index in [0.29, 0.717) is 12.1 Å². The number of aryl methyl sites for hydroxylation is 2. The highest BCUT2D eigenvalue weighted by molar-refractivity contribution is 7.15. The average Bonchev–Trinajstić information content (AvgIpc) is 2.84. The van der Waals surface area contributed by atoms with E-state index in [4.69, 9.17) is 4.42 Å². The van der Waals surface area contributed by atoms with Gasteiger partial charge in [0.2, 0.25) is 0 Å². The van der Waals surface area contributed by atoms with Crippen LogP contribution < -0.4 is 0 Å². The number of ketones is 1. The molecular weight excluding hydrogens is 222 g/mol. The number of rotatable bonds is 1. The topological polar surface area (TPSA) is 43.1 Å². The lowest BCUT2D eigenvalue weighted by Crippen LogP contribution is -2.08. The molecule has 0 saturated heterocycles. The lowest BCUT2D eigenvalue weighted by molar-refractivity contribution is 0.0968. The van der Waals surface area contributed by atoms with Crippen LogP contribution in [0.2, 0.25) is 0 Å². The van der Waals surface area contributed by atoms with Crippen molar-refractivity contribution in [3.05, 3.63) is 28.5 Å². The number of hydrogen-bond acceptors (Lipinski definition) is 4. The molecule has 0 unspecified atom stereocenters. The van der Waals surface area contributed by atoms with E-state index in [1.54, 1.807) is 11.3 Å². The molecule has 0 aromatic carbocycles. The van der Waals surface area contributed by atoms with Crippen molar-refractivity contribution in [3.8, 4) is 10.8 Å². The fourth-order valence-corrected chi connectivity index (χ4v) is 3.00. The van der Waals surface area contributed by atoms with Gasteiger partial charge in [-0.1, -0.05) is 0 Å². The number of carbonyl (C=O) groups is 1. The van der Waals surface area contributed by atoms with Crippen molar-refractivity contribution in [1.82, 2.24) is 4.98 Å². The number of carbonyl (C=O) groups excluding carboxylic acids is 1. The van der Waals surface area contributed by atoms with Gasteiger partial charge in [0.05, 0.1) is 0 Å². The van der Waals surface area contributed by atoms with Gasteiger partial charge in [-0.15, -0.1) is 11.3 Å². The largest absolute Gasteiger partial charge is 0.459 e. The number of thiazole rings is 1. The van der Waals surface area contributed by atoms with E-state index < -0.39 is 0 Å². The summed E-state index contributed by atoms with van der Waals surface area (Å²) in [5.41, 5.74) is 0.667. The molecule has 2 aromatic rings. The van der Waals surface area contributed by atoms with E-state index in [-0.39, 0.29) is 5.78 Å². The lowest BCUT2D eigenvalue weighted by atomic mass is 10.0. The number of furan rings is 1. The first-order chi connectivity index (χ1) is 7.74. The van der Waals surface area contributed by atoms with Crippen LogP contribution in [0.4, 0.5) is 0 Å². The second-order valence-electron chi connectivity index (χ2n) is 3.98. The molecule has 2 aromatic heterocycles. The predicted molar refractivity (Wildman–Crippen MR) is 61.8 cm³/mol. The van der Waals surface area contributed by atoms with Crippen LogP contribution in [0.25, 0.3) is 10.8 Å². The maximum atomic E-state index is 11.6. The van der Waals surface area contributed by atoms with Gasteiger partial charge in [-0.2, -0.15) is 0 Å². The Balaban J connectivity index is 2.07. The van der Waals surface area contributed by atoms with Crippen LogP contribution in [0.15, 0.2) is 16.5 Å². The molecule has 4 heteroatoms. The highest BCUT2D eigenvalue weighted by Gasteiger charge is 2.23. The molecule has 0 fully saturated rings. The molecule has 0 aliphatic heterocycles. The summed E-state index contributed by atoms with van der Waals surface area (Å²) >= 11 is 1.58. The quantitative estimate of drug-likeness (QED) is 0.759. The van der Waals surface area contributed by atoms with Crippen molar-refractivity contribution < 1.29 is 9.21 Å². The van der Waals surface area contributed by atoms with Crippen molar-refractivity contribution in [2.45, 2.75) is 26.2 Å². The van der Waals surface area contributed by atoms with Crippen LogP contribution >= 0.6 is 11.3 Å². The number of Topliss-reactive ketones (excluding diaryl/α,β-unsaturated/α-hetero) is 1. The molecule has 0 saturated carbocycles. The van der Waals surface area contributed by atoms with Gasteiger partial charge in [0.1, 0.15) is 11.5 Å². The van der Waals surface area contributed by atoms with Gasteiger partial charge in [-0.25, -0.2) is 4.98 Å². The van der Waals surface area contributed by atoms with Gasteiger partial charge in [0.25, 0.3) is 0 Å². The molecule has 16 heavy (non-hydrogen) atoms. The zero-order chi connectivity index (χ0) is 11.1. The molecule has 3 rings (SSSR count). The molecule has 82 valence electrons. The van der Waals surface area contributed by atoms with Crippen molar-refractivity contribution in [1.29, 1.82) is 0 Å². The SMILES string of the molecule is Cc1ccc(-c2nc3c(s2)CCCC3=O)o1. The average molecular weight is 233 g/mol. The fraction of sp³-hybridized carbons (Fsp3) is 0.333. The van der Waals surface area contributed by atoms with Gasteiger partial charge >= 0.3 is 0 Å². The maximum Gasteiger partial charge on any atom is 0.182 e. The van der Waals surface area contributed by atoms with E-state index in [9.17, 15) is 4.79 Å². The fourth-order valence-electron chi connectivity index (χ4n) is 1.92. The van der Waals surface area contributed by atoms with Crippen molar-refractivity contribution in [2.75, 3.05) is 0 Å². The molecule has 0 atom stereocenters. The second-order valence-corrected chi connectivity index (χ2v) is 5.06. The molecular formula is C12H11NO2S. The van der Waals surface area contributed by atoms with E-state index in [2.05, 4.69) is 4.98 Å². The summed E-state index contributed by atoms with van der Waals surface area (Å²) in [4.78, 5) is 17.2. The number of nitrogens with zero attached hydrogens (tertiary/aromatic N) is 1. The summed E-state index contributed by atoms with van der Waals surface area (Å²) in [6.45, 7) is 1.90. The second kappa shape index (κ2) is 3.56. The van der Waals surface area contributed by atoms with Crippen molar-refractivity contribution in [3.63, 3.8) is 0 Å². The minimum absolute atomic E-state index is 0.173. The Kier molecular flexibility index (Phi) is 2.17. The molecule has 0 radical (unpaired) electrons. The highest BCUT2D eigenvalue weighted by Crippen LogP contribution is 2.33. The molecule has 3 nitrogen and oxygen atoms in total. The van der Waals surface area contributed by atoms with Gasteiger partial charge in [0.15, 0.2) is 16.6 Å². The van der Waals surface area contributed by atoms with Gasteiger partial charge in [-0.3, -0.25) is 4.79 Å². The van der Waals surface area contributed by atoms with E-state index in [0.717, 1.165) is 34.2 Å². The summed E-state index contributed by atoms with van der Waals surface area (Å²) in [5, 5.41) is 0.827. The molecule has 0 N–H and O–H groups in total. The Hall–Kier alpha value is -1.42. The zero-order valence-electron chi connectivity index (χ0n) is 8.95. The van der Waals surface area contributed by atoms with Gasteiger partial charge in [-0.05, 0) is 31.9 Å².